The Morgan fingerprint density at radius 1 is 1.23 bits per heavy atom. The monoisotopic (exact) mass is 254 g/mol. The Bertz CT molecular complexity index is 386. The van der Waals surface area contributed by atoms with E-state index in [-0.39, 0.29) is 0 Å². The minimum absolute atomic E-state index is 0.814. The zero-order chi connectivity index (χ0) is 9.10. The van der Waals surface area contributed by atoms with Gasteiger partial charge in [-0.25, -0.2) is 0 Å². The van der Waals surface area contributed by atoms with E-state index in [0.29, 0.717) is 0 Å². The van der Waals surface area contributed by atoms with Crippen LogP contribution in [0.25, 0.3) is 11.3 Å². The van der Waals surface area contributed by atoms with Gasteiger partial charge in [0.25, 0.3) is 0 Å². The molecule has 0 aliphatic carbocycles. The molecule has 2 aromatic rings. The molecule has 0 saturated carbocycles. The number of alkyl halides is 1. The Labute approximate surface area is 88.9 Å². The fraction of sp³-hybridized carbons (Fsp3) is 0.111. The van der Waals surface area contributed by atoms with Crippen LogP contribution in [0.1, 0.15) is 4.88 Å². The molecule has 1 aromatic carbocycles. The lowest BCUT2D eigenvalue weighted by Crippen LogP contribution is -1.81. The van der Waals surface area contributed by atoms with Crippen molar-refractivity contribution in [3.63, 3.8) is 0 Å². The van der Waals surface area contributed by atoms with E-state index < -0.39 is 0 Å². The molecule has 0 radical (unpaired) electrons. The second kappa shape index (κ2) is 3.98. The van der Waals surface area contributed by atoms with E-state index in [4.69, 9.17) is 0 Å². The molecule has 1 aromatic heterocycles. The minimum Gasteiger partial charge on any atom is -0.138 e. The third-order valence-electron chi connectivity index (χ3n) is 1.72. The molecule has 0 saturated heterocycles. The van der Waals surface area contributed by atoms with Crippen LogP contribution in [0.4, 0.5) is 0 Å². The number of nitrogens with zero attached hydrogens (tertiary/aromatic N) is 2. The van der Waals surface area contributed by atoms with Crippen molar-refractivity contribution in [3.05, 3.63) is 35.2 Å². The molecule has 0 bridgehead atoms. The summed E-state index contributed by atoms with van der Waals surface area (Å²) in [6, 6.07) is 10.1. The van der Waals surface area contributed by atoms with Gasteiger partial charge in [-0.2, -0.15) is 0 Å². The average Bonchev–Trinajstić information content (AvgIpc) is 2.67. The summed E-state index contributed by atoms with van der Waals surface area (Å²) in [6.07, 6.45) is 0. The normalized spacial score (nSPS) is 10.2. The standard InChI is InChI=1S/C9H7BrN2S/c10-6-8-9(11-12-13-8)7-4-2-1-3-5-7/h1-5H,6H2. The first-order valence-corrected chi connectivity index (χ1v) is 5.74. The molecule has 2 nitrogen and oxygen atoms in total. The van der Waals surface area contributed by atoms with Crippen LogP contribution in [0.3, 0.4) is 0 Å². The van der Waals surface area contributed by atoms with Crippen LogP contribution < -0.4 is 0 Å². The van der Waals surface area contributed by atoms with Gasteiger partial charge >= 0.3 is 0 Å². The van der Waals surface area contributed by atoms with Crippen molar-refractivity contribution in [3.8, 4) is 11.3 Å². The molecule has 1 heterocycles. The lowest BCUT2D eigenvalue weighted by Gasteiger charge is -1.96. The van der Waals surface area contributed by atoms with E-state index in [1.165, 1.54) is 16.4 Å². The summed E-state index contributed by atoms with van der Waals surface area (Å²) >= 11 is 4.85. The first-order valence-electron chi connectivity index (χ1n) is 3.84. The fourth-order valence-corrected chi connectivity index (χ4v) is 2.20. The highest BCUT2D eigenvalue weighted by molar-refractivity contribution is 9.08. The summed E-state index contributed by atoms with van der Waals surface area (Å²) in [5.41, 5.74) is 2.12. The Morgan fingerprint density at radius 2 is 2.00 bits per heavy atom. The van der Waals surface area contributed by atoms with Crippen molar-refractivity contribution in [2.24, 2.45) is 0 Å². The number of halogens is 1. The van der Waals surface area contributed by atoms with E-state index in [9.17, 15) is 0 Å². The maximum Gasteiger partial charge on any atom is 0.109 e. The lowest BCUT2D eigenvalue weighted by molar-refractivity contribution is 1.15. The highest BCUT2D eigenvalue weighted by Gasteiger charge is 2.07. The lowest BCUT2D eigenvalue weighted by atomic mass is 10.1. The van der Waals surface area contributed by atoms with Gasteiger partial charge in [-0.1, -0.05) is 50.8 Å². The predicted molar refractivity (Wildman–Crippen MR) is 58.0 cm³/mol. The van der Waals surface area contributed by atoms with Crippen molar-refractivity contribution < 1.29 is 0 Å². The predicted octanol–water partition coefficient (Wildman–Crippen LogP) is 3.10. The van der Waals surface area contributed by atoms with Crippen LogP contribution in [0.15, 0.2) is 30.3 Å². The fourth-order valence-electron chi connectivity index (χ4n) is 1.11. The van der Waals surface area contributed by atoms with Crippen LogP contribution >= 0.6 is 27.5 Å². The molecule has 0 amide bonds. The number of benzene rings is 1. The quantitative estimate of drug-likeness (QED) is 0.770. The molecule has 0 atom stereocenters. The zero-order valence-electron chi connectivity index (χ0n) is 6.77. The number of hydrogen-bond donors (Lipinski definition) is 0. The van der Waals surface area contributed by atoms with Gasteiger partial charge in [0.2, 0.25) is 0 Å². The summed E-state index contributed by atoms with van der Waals surface area (Å²) in [7, 11) is 0. The van der Waals surface area contributed by atoms with Gasteiger partial charge in [0.15, 0.2) is 0 Å². The van der Waals surface area contributed by atoms with Gasteiger partial charge in [0, 0.05) is 10.9 Å². The van der Waals surface area contributed by atoms with Crippen molar-refractivity contribution in [2.45, 2.75) is 5.33 Å². The summed E-state index contributed by atoms with van der Waals surface area (Å²) in [5, 5.41) is 4.91. The summed E-state index contributed by atoms with van der Waals surface area (Å²) in [4.78, 5) is 1.17. The third kappa shape index (κ3) is 1.78. The highest BCUT2D eigenvalue weighted by atomic mass is 79.9. The van der Waals surface area contributed by atoms with Gasteiger partial charge in [0.1, 0.15) is 5.69 Å². The molecule has 66 valence electrons. The smallest absolute Gasteiger partial charge is 0.109 e. The summed E-state index contributed by atoms with van der Waals surface area (Å²) in [6.45, 7) is 0. The molecule has 0 fully saturated rings. The van der Waals surface area contributed by atoms with Crippen LogP contribution in [0.2, 0.25) is 0 Å². The minimum atomic E-state index is 0.814. The van der Waals surface area contributed by atoms with Gasteiger partial charge in [-0.15, -0.1) is 5.10 Å². The summed E-state index contributed by atoms with van der Waals surface area (Å²) in [5.74, 6) is 0. The first-order chi connectivity index (χ1) is 6.42. The molecular weight excluding hydrogens is 248 g/mol. The average molecular weight is 255 g/mol. The van der Waals surface area contributed by atoms with Gasteiger partial charge in [-0.05, 0) is 11.5 Å². The largest absolute Gasteiger partial charge is 0.138 e. The SMILES string of the molecule is BrCc1snnc1-c1ccccc1. The molecule has 4 heteroatoms. The Balaban J connectivity index is 2.47. The van der Waals surface area contributed by atoms with Crippen molar-refractivity contribution >= 4 is 27.5 Å². The van der Waals surface area contributed by atoms with Crippen LogP contribution in [-0.2, 0) is 5.33 Å². The van der Waals surface area contributed by atoms with Crippen LogP contribution in [-0.4, -0.2) is 9.59 Å². The van der Waals surface area contributed by atoms with Gasteiger partial charge < -0.3 is 0 Å². The molecule has 0 unspecified atom stereocenters. The molecular formula is C9H7BrN2S. The van der Waals surface area contributed by atoms with E-state index in [1.807, 2.05) is 30.3 Å². The third-order valence-corrected chi connectivity index (χ3v) is 3.38. The molecule has 0 aliphatic rings. The second-order valence-electron chi connectivity index (χ2n) is 2.54. The number of aromatic nitrogens is 2. The van der Waals surface area contributed by atoms with Crippen molar-refractivity contribution in [1.82, 2.24) is 9.59 Å². The van der Waals surface area contributed by atoms with Crippen molar-refractivity contribution in [2.75, 3.05) is 0 Å². The van der Waals surface area contributed by atoms with Gasteiger partial charge in [-0.3, -0.25) is 0 Å². The number of rotatable bonds is 2. The molecule has 0 aliphatic heterocycles. The molecule has 13 heavy (non-hydrogen) atoms. The van der Waals surface area contributed by atoms with Crippen LogP contribution in [0, 0.1) is 0 Å². The second-order valence-corrected chi connectivity index (χ2v) is 3.94. The maximum atomic E-state index is 4.10. The van der Waals surface area contributed by atoms with E-state index in [1.54, 1.807) is 0 Å². The Morgan fingerprint density at radius 3 is 2.69 bits per heavy atom. The molecule has 0 N–H and O–H groups in total. The maximum absolute atomic E-state index is 4.10. The highest BCUT2D eigenvalue weighted by Crippen LogP contribution is 2.24. The van der Waals surface area contributed by atoms with E-state index in [0.717, 1.165) is 16.6 Å². The Hall–Kier alpha value is -0.740. The topological polar surface area (TPSA) is 25.8 Å². The molecule has 2 rings (SSSR count). The van der Waals surface area contributed by atoms with E-state index in [2.05, 4.69) is 25.5 Å². The first kappa shape index (κ1) is 8.84. The van der Waals surface area contributed by atoms with Crippen LogP contribution in [0.5, 0.6) is 0 Å². The Kier molecular flexibility index (Phi) is 2.71. The van der Waals surface area contributed by atoms with E-state index >= 15 is 0 Å². The zero-order valence-corrected chi connectivity index (χ0v) is 9.18. The van der Waals surface area contributed by atoms with Crippen molar-refractivity contribution in [1.29, 1.82) is 0 Å². The van der Waals surface area contributed by atoms with Gasteiger partial charge in [0.05, 0.1) is 4.88 Å². The number of hydrogen-bond acceptors (Lipinski definition) is 3. The molecule has 0 spiro atoms. The summed E-state index contributed by atoms with van der Waals surface area (Å²) < 4.78 is 3.93.